The molecule has 0 aromatic heterocycles. The van der Waals surface area contributed by atoms with E-state index in [1.165, 1.54) is 0 Å². The van der Waals surface area contributed by atoms with E-state index in [9.17, 15) is 18.0 Å². The summed E-state index contributed by atoms with van der Waals surface area (Å²) in [5, 5.41) is 2.70. The molecule has 1 aromatic rings. The second-order valence-corrected chi connectivity index (χ2v) is 4.71. The zero-order chi connectivity index (χ0) is 16.6. The number of hydrogen-bond acceptors (Lipinski definition) is 3. The van der Waals surface area contributed by atoms with E-state index in [0.29, 0.717) is 6.61 Å². The normalized spacial score (nSPS) is 12.8. The van der Waals surface area contributed by atoms with Crippen LogP contribution in [0, 0.1) is 0 Å². The zero-order valence-electron chi connectivity index (χ0n) is 12.6. The van der Waals surface area contributed by atoms with Gasteiger partial charge in [0.2, 0.25) is 5.91 Å². The lowest BCUT2D eigenvalue weighted by molar-refractivity contribution is -0.174. The third-order valence-electron chi connectivity index (χ3n) is 2.81. The molecule has 1 unspecified atom stereocenters. The second-order valence-electron chi connectivity index (χ2n) is 4.71. The molecule has 0 saturated carbocycles. The first kappa shape index (κ1) is 18.3. The van der Waals surface area contributed by atoms with Gasteiger partial charge in [-0.3, -0.25) is 4.79 Å². The van der Waals surface area contributed by atoms with Gasteiger partial charge in [0, 0.05) is 6.42 Å². The molecule has 0 aliphatic heterocycles. The monoisotopic (exact) mass is 319 g/mol. The number of carbonyl (C=O) groups is 1. The van der Waals surface area contributed by atoms with Crippen molar-refractivity contribution in [3.05, 3.63) is 29.8 Å². The quantitative estimate of drug-likeness (QED) is 0.748. The van der Waals surface area contributed by atoms with Gasteiger partial charge < -0.3 is 14.8 Å². The average Bonchev–Trinajstić information content (AvgIpc) is 2.44. The van der Waals surface area contributed by atoms with Crippen molar-refractivity contribution in [2.75, 3.05) is 19.8 Å². The maximum atomic E-state index is 11.9. The molecule has 0 bridgehead atoms. The lowest BCUT2D eigenvalue weighted by atomic mass is 10.1. The molecule has 1 atom stereocenters. The maximum Gasteiger partial charge on any atom is 0.411 e. The third-order valence-corrected chi connectivity index (χ3v) is 2.81. The summed E-state index contributed by atoms with van der Waals surface area (Å²) in [4.78, 5) is 11.6. The topological polar surface area (TPSA) is 47.6 Å². The van der Waals surface area contributed by atoms with Gasteiger partial charge in [0.1, 0.15) is 12.4 Å². The first-order valence-electron chi connectivity index (χ1n) is 6.98. The molecular formula is C15H20F3NO3. The molecule has 1 aromatic carbocycles. The number of halogens is 3. The van der Waals surface area contributed by atoms with E-state index in [4.69, 9.17) is 4.74 Å². The van der Waals surface area contributed by atoms with E-state index >= 15 is 0 Å². The molecule has 4 nitrogen and oxygen atoms in total. The van der Waals surface area contributed by atoms with E-state index in [-0.39, 0.29) is 25.0 Å². The molecule has 0 aliphatic carbocycles. The largest absolute Gasteiger partial charge is 0.494 e. The van der Waals surface area contributed by atoms with E-state index in [1.807, 2.05) is 19.1 Å². The Bertz CT molecular complexity index is 460. The Hall–Kier alpha value is -1.76. The van der Waals surface area contributed by atoms with Crippen molar-refractivity contribution < 1.29 is 27.4 Å². The Morgan fingerprint density at radius 3 is 2.45 bits per heavy atom. The maximum absolute atomic E-state index is 11.9. The molecule has 124 valence electrons. The molecular weight excluding hydrogens is 299 g/mol. The summed E-state index contributed by atoms with van der Waals surface area (Å²) >= 11 is 0. The van der Waals surface area contributed by atoms with Crippen molar-refractivity contribution >= 4 is 5.91 Å². The van der Waals surface area contributed by atoms with Gasteiger partial charge >= 0.3 is 6.18 Å². The van der Waals surface area contributed by atoms with Crippen LogP contribution in [0.2, 0.25) is 0 Å². The van der Waals surface area contributed by atoms with Crippen molar-refractivity contribution in [1.82, 2.24) is 5.32 Å². The van der Waals surface area contributed by atoms with Crippen LogP contribution < -0.4 is 10.1 Å². The van der Waals surface area contributed by atoms with Gasteiger partial charge in [0.05, 0.1) is 19.3 Å². The number of rotatable bonds is 8. The number of amides is 1. The number of nitrogens with one attached hydrogen (secondary N) is 1. The summed E-state index contributed by atoms with van der Waals surface area (Å²) in [6.45, 7) is 2.65. The van der Waals surface area contributed by atoms with Crippen LogP contribution in [0.15, 0.2) is 24.3 Å². The Morgan fingerprint density at radius 2 is 1.91 bits per heavy atom. The minimum absolute atomic E-state index is 0.114. The Labute approximate surface area is 127 Å². The summed E-state index contributed by atoms with van der Waals surface area (Å²) in [5.74, 6) is 0.383. The number of ether oxygens (including phenoxy) is 2. The predicted molar refractivity (Wildman–Crippen MR) is 75.7 cm³/mol. The lowest BCUT2D eigenvalue weighted by Gasteiger charge is -2.15. The Balaban J connectivity index is 2.34. The van der Waals surface area contributed by atoms with Gasteiger partial charge in [-0.2, -0.15) is 13.2 Å². The van der Waals surface area contributed by atoms with E-state index in [0.717, 1.165) is 11.3 Å². The van der Waals surface area contributed by atoms with E-state index in [2.05, 4.69) is 10.1 Å². The van der Waals surface area contributed by atoms with E-state index < -0.39 is 12.8 Å². The van der Waals surface area contributed by atoms with Gasteiger partial charge in [-0.05, 0) is 31.5 Å². The molecule has 22 heavy (non-hydrogen) atoms. The smallest absolute Gasteiger partial charge is 0.411 e. The molecule has 0 spiro atoms. The first-order valence-corrected chi connectivity index (χ1v) is 6.98. The molecule has 0 fully saturated rings. The zero-order valence-corrected chi connectivity index (χ0v) is 12.6. The van der Waals surface area contributed by atoms with Crippen LogP contribution in [0.1, 0.15) is 31.9 Å². The third kappa shape index (κ3) is 7.31. The highest BCUT2D eigenvalue weighted by Crippen LogP contribution is 2.18. The summed E-state index contributed by atoms with van der Waals surface area (Å²) in [6.07, 6.45) is -4.48. The van der Waals surface area contributed by atoms with Crippen molar-refractivity contribution in [2.24, 2.45) is 0 Å². The average molecular weight is 319 g/mol. The van der Waals surface area contributed by atoms with Crippen molar-refractivity contribution in [1.29, 1.82) is 0 Å². The van der Waals surface area contributed by atoms with Crippen molar-refractivity contribution in [3.8, 4) is 5.75 Å². The van der Waals surface area contributed by atoms with Crippen LogP contribution >= 0.6 is 0 Å². The van der Waals surface area contributed by atoms with Gasteiger partial charge in [0.25, 0.3) is 0 Å². The van der Waals surface area contributed by atoms with E-state index in [1.54, 1.807) is 19.1 Å². The number of alkyl halides is 3. The number of hydrogen-bond donors (Lipinski definition) is 1. The summed E-state index contributed by atoms with van der Waals surface area (Å²) in [6, 6.07) is 7.01. The van der Waals surface area contributed by atoms with Crippen LogP contribution in [0.3, 0.4) is 0 Å². The second kappa shape index (κ2) is 8.63. The SMILES string of the molecule is CCOc1ccc(C(C)NC(=O)CCOCC(F)(F)F)cc1. The number of carbonyl (C=O) groups excluding carboxylic acids is 1. The molecule has 1 rings (SSSR count). The van der Waals surface area contributed by atoms with Crippen LogP contribution in [-0.2, 0) is 9.53 Å². The number of benzene rings is 1. The highest BCUT2D eigenvalue weighted by Gasteiger charge is 2.27. The van der Waals surface area contributed by atoms with Crippen molar-refractivity contribution in [3.63, 3.8) is 0 Å². The fourth-order valence-electron chi connectivity index (χ4n) is 1.77. The first-order chi connectivity index (χ1) is 10.3. The molecule has 7 heteroatoms. The van der Waals surface area contributed by atoms with Gasteiger partial charge in [-0.25, -0.2) is 0 Å². The molecule has 0 heterocycles. The van der Waals surface area contributed by atoms with Crippen LogP contribution in [0.4, 0.5) is 13.2 Å². The standard InChI is InChI=1S/C15H20F3NO3/c1-3-22-13-6-4-12(5-7-13)11(2)19-14(20)8-9-21-10-15(16,17)18/h4-7,11H,3,8-10H2,1-2H3,(H,19,20). The van der Waals surface area contributed by atoms with Crippen LogP contribution in [0.5, 0.6) is 5.75 Å². The van der Waals surface area contributed by atoms with Gasteiger partial charge in [-0.15, -0.1) is 0 Å². The highest BCUT2D eigenvalue weighted by atomic mass is 19.4. The predicted octanol–water partition coefficient (Wildman–Crippen LogP) is 3.23. The lowest BCUT2D eigenvalue weighted by Crippen LogP contribution is -2.28. The minimum atomic E-state index is -4.37. The fraction of sp³-hybridized carbons (Fsp3) is 0.533. The Morgan fingerprint density at radius 1 is 1.27 bits per heavy atom. The minimum Gasteiger partial charge on any atom is -0.494 e. The molecule has 1 amide bonds. The Kier molecular flexibility index (Phi) is 7.17. The van der Waals surface area contributed by atoms with Crippen molar-refractivity contribution in [2.45, 2.75) is 32.5 Å². The summed E-state index contributed by atoms with van der Waals surface area (Å²) in [5.41, 5.74) is 0.882. The fourth-order valence-corrected chi connectivity index (χ4v) is 1.77. The molecule has 0 aliphatic rings. The molecule has 1 N–H and O–H groups in total. The van der Waals surface area contributed by atoms with Gasteiger partial charge in [0.15, 0.2) is 0 Å². The summed E-state index contributed by atoms with van der Waals surface area (Å²) < 4.78 is 45.3. The summed E-state index contributed by atoms with van der Waals surface area (Å²) in [7, 11) is 0. The highest BCUT2D eigenvalue weighted by molar-refractivity contribution is 5.76. The molecule has 0 saturated heterocycles. The van der Waals surface area contributed by atoms with Gasteiger partial charge in [-0.1, -0.05) is 12.1 Å². The van der Waals surface area contributed by atoms with Crippen LogP contribution in [-0.4, -0.2) is 31.9 Å². The van der Waals surface area contributed by atoms with Crippen LogP contribution in [0.25, 0.3) is 0 Å². The molecule has 0 radical (unpaired) electrons.